The molecule has 0 saturated heterocycles. The zero-order valence-corrected chi connectivity index (χ0v) is 12.5. The van der Waals surface area contributed by atoms with Gasteiger partial charge in [-0.05, 0) is 12.1 Å². The maximum Gasteiger partial charge on any atom is 0.244 e. The van der Waals surface area contributed by atoms with Gasteiger partial charge in [0.05, 0.1) is 0 Å². The fourth-order valence-electron chi connectivity index (χ4n) is 1.20. The molecular formula is C10H16BrN3O2S. The lowest BCUT2D eigenvalue weighted by Gasteiger charge is -2.17. The number of sulfonamides is 1. The largest absolute Gasteiger partial charge is 0.359 e. The van der Waals surface area contributed by atoms with E-state index in [2.05, 4.69) is 20.9 Å². The summed E-state index contributed by atoms with van der Waals surface area (Å²) in [5.74, 6) is 0.752. The van der Waals surface area contributed by atoms with Crippen molar-refractivity contribution in [2.24, 2.45) is 0 Å². The average molecular weight is 322 g/mol. The first-order valence-corrected chi connectivity index (χ1v) is 7.61. The second-order valence-electron chi connectivity index (χ2n) is 3.75. The highest BCUT2D eigenvalue weighted by molar-refractivity contribution is 9.09. The Kier molecular flexibility index (Phi) is 4.91. The fourth-order valence-corrected chi connectivity index (χ4v) is 2.58. The molecule has 0 aliphatic rings. The van der Waals surface area contributed by atoms with Gasteiger partial charge in [-0.25, -0.2) is 17.7 Å². The van der Waals surface area contributed by atoms with Gasteiger partial charge in [0, 0.05) is 39.2 Å². The molecule has 0 amide bonds. The summed E-state index contributed by atoms with van der Waals surface area (Å²) in [7, 11) is 1.52. The van der Waals surface area contributed by atoms with E-state index in [1.165, 1.54) is 24.6 Å². The van der Waals surface area contributed by atoms with Gasteiger partial charge in [-0.2, -0.15) is 0 Å². The average Bonchev–Trinajstić information content (AvgIpc) is 2.29. The number of hydrogen-bond donors (Lipinski definition) is 0. The molecule has 0 aliphatic heterocycles. The summed E-state index contributed by atoms with van der Waals surface area (Å²) in [5, 5.41) is 0.836. The molecule has 1 rings (SSSR count). The lowest BCUT2D eigenvalue weighted by atomic mass is 10.4. The SMILES string of the molecule is CN(CCBr)c1ccc(S(=O)(=O)N(C)C)cn1. The molecule has 0 fully saturated rings. The molecule has 0 spiro atoms. The normalized spacial score (nSPS) is 11.8. The second-order valence-corrected chi connectivity index (χ2v) is 6.69. The summed E-state index contributed by atoms with van der Waals surface area (Å²) in [4.78, 5) is 6.30. The molecule has 7 heteroatoms. The van der Waals surface area contributed by atoms with Crippen LogP contribution in [0.5, 0.6) is 0 Å². The Bertz CT molecular complexity index is 459. The van der Waals surface area contributed by atoms with Crippen LogP contribution in [0.3, 0.4) is 0 Å². The molecule has 1 heterocycles. The van der Waals surface area contributed by atoms with Gasteiger partial charge in [0.25, 0.3) is 0 Å². The second kappa shape index (κ2) is 5.79. The third-order valence-corrected chi connectivity index (χ3v) is 4.46. The Hall–Kier alpha value is -0.660. The molecule has 0 bridgehead atoms. The van der Waals surface area contributed by atoms with E-state index in [-0.39, 0.29) is 4.90 Å². The van der Waals surface area contributed by atoms with Crippen molar-refractivity contribution < 1.29 is 8.42 Å². The van der Waals surface area contributed by atoms with E-state index in [1.54, 1.807) is 12.1 Å². The number of anilines is 1. The topological polar surface area (TPSA) is 53.5 Å². The quantitative estimate of drug-likeness (QED) is 0.764. The van der Waals surface area contributed by atoms with Gasteiger partial charge in [0.2, 0.25) is 10.0 Å². The van der Waals surface area contributed by atoms with E-state index in [1.807, 2.05) is 11.9 Å². The summed E-state index contributed by atoms with van der Waals surface area (Å²) < 4.78 is 24.8. The maximum absolute atomic E-state index is 11.8. The van der Waals surface area contributed by atoms with Crippen molar-refractivity contribution in [2.75, 3.05) is 37.9 Å². The zero-order valence-electron chi connectivity index (χ0n) is 10.1. The monoisotopic (exact) mass is 321 g/mol. The molecule has 0 radical (unpaired) electrons. The third kappa shape index (κ3) is 3.40. The molecule has 1 aromatic heterocycles. The molecule has 5 nitrogen and oxygen atoms in total. The van der Waals surface area contributed by atoms with Gasteiger partial charge in [-0.3, -0.25) is 0 Å². The lowest BCUT2D eigenvalue weighted by molar-refractivity contribution is 0.520. The number of aromatic nitrogens is 1. The number of rotatable bonds is 5. The molecular weight excluding hydrogens is 306 g/mol. The minimum absolute atomic E-state index is 0.207. The number of halogens is 1. The summed E-state index contributed by atoms with van der Waals surface area (Å²) in [6, 6.07) is 3.28. The van der Waals surface area contributed by atoms with Crippen molar-refractivity contribution in [3.05, 3.63) is 18.3 Å². The lowest BCUT2D eigenvalue weighted by Crippen LogP contribution is -2.23. The first kappa shape index (κ1) is 14.4. The molecule has 96 valence electrons. The molecule has 0 atom stereocenters. The fraction of sp³-hybridized carbons (Fsp3) is 0.500. The first-order chi connectivity index (χ1) is 7.89. The van der Waals surface area contributed by atoms with Crippen molar-refractivity contribution in [1.82, 2.24) is 9.29 Å². The van der Waals surface area contributed by atoms with E-state index in [9.17, 15) is 8.42 Å². The van der Waals surface area contributed by atoms with Crippen LogP contribution in [0, 0.1) is 0 Å². The van der Waals surface area contributed by atoms with E-state index >= 15 is 0 Å². The van der Waals surface area contributed by atoms with E-state index in [4.69, 9.17) is 0 Å². The summed E-state index contributed by atoms with van der Waals surface area (Å²) >= 11 is 3.34. The standard InChI is InChI=1S/C10H16BrN3O2S/c1-13(2)17(15,16)9-4-5-10(12-8-9)14(3)7-6-11/h4-5,8H,6-7H2,1-3H3. The zero-order chi connectivity index (χ0) is 13.1. The molecule has 17 heavy (non-hydrogen) atoms. The molecule has 0 saturated carbocycles. The Morgan fingerprint density at radius 2 is 1.94 bits per heavy atom. The Morgan fingerprint density at radius 1 is 1.29 bits per heavy atom. The summed E-state index contributed by atoms with van der Waals surface area (Å²) in [6.07, 6.45) is 1.38. The molecule has 1 aromatic rings. The number of hydrogen-bond acceptors (Lipinski definition) is 4. The smallest absolute Gasteiger partial charge is 0.244 e. The van der Waals surface area contributed by atoms with Gasteiger partial charge in [-0.15, -0.1) is 0 Å². The van der Waals surface area contributed by atoms with Crippen LogP contribution < -0.4 is 4.90 Å². The highest BCUT2D eigenvalue weighted by Crippen LogP contribution is 2.15. The van der Waals surface area contributed by atoms with Crippen LogP contribution in [-0.2, 0) is 10.0 Å². The van der Waals surface area contributed by atoms with Gasteiger partial charge in [0.15, 0.2) is 0 Å². The van der Waals surface area contributed by atoms with Crippen LogP contribution in [0.15, 0.2) is 23.2 Å². The first-order valence-electron chi connectivity index (χ1n) is 5.05. The van der Waals surface area contributed by atoms with Crippen LogP contribution in [0.2, 0.25) is 0 Å². The van der Waals surface area contributed by atoms with Crippen molar-refractivity contribution in [2.45, 2.75) is 4.90 Å². The molecule has 0 aliphatic carbocycles. The van der Waals surface area contributed by atoms with E-state index in [0.29, 0.717) is 0 Å². The minimum Gasteiger partial charge on any atom is -0.359 e. The highest BCUT2D eigenvalue weighted by Gasteiger charge is 2.17. The predicted octanol–water partition coefficient (Wildman–Crippen LogP) is 1.16. The molecule has 0 N–H and O–H groups in total. The number of alkyl halides is 1. The third-order valence-electron chi connectivity index (χ3n) is 2.31. The predicted molar refractivity (Wildman–Crippen MR) is 72.2 cm³/mol. The van der Waals surface area contributed by atoms with E-state index < -0.39 is 10.0 Å². The van der Waals surface area contributed by atoms with Crippen LogP contribution >= 0.6 is 15.9 Å². The van der Waals surface area contributed by atoms with Gasteiger partial charge >= 0.3 is 0 Å². The van der Waals surface area contributed by atoms with Crippen LogP contribution in [-0.4, -0.2) is 50.7 Å². The van der Waals surface area contributed by atoms with Gasteiger partial charge < -0.3 is 4.90 Å². The Labute approximate surface area is 111 Å². The molecule has 0 unspecified atom stereocenters. The van der Waals surface area contributed by atoms with Crippen molar-refractivity contribution in [3.63, 3.8) is 0 Å². The van der Waals surface area contributed by atoms with Crippen molar-refractivity contribution in [1.29, 1.82) is 0 Å². The van der Waals surface area contributed by atoms with Crippen molar-refractivity contribution >= 4 is 31.8 Å². The summed E-state index contributed by atoms with van der Waals surface area (Å²) in [6.45, 7) is 0.812. The maximum atomic E-state index is 11.8. The minimum atomic E-state index is -3.39. The van der Waals surface area contributed by atoms with Crippen LogP contribution in [0.1, 0.15) is 0 Å². The Balaban J connectivity index is 2.96. The number of pyridine rings is 1. The highest BCUT2D eigenvalue weighted by atomic mass is 79.9. The van der Waals surface area contributed by atoms with Crippen molar-refractivity contribution in [3.8, 4) is 0 Å². The van der Waals surface area contributed by atoms with Crippen LogP contribution in [0.4, 0.5) is 5.82 Å². The van der Waals surface area contributed by atoms with Gasteiger partial charge in [0.1, 0.15) is 10.7 Å². The van der Waals surface area contributed by atoms with Gasteiger partial charge in [-0.1, -0.05) is 15.9 Å². The summed E-state index contributed by atoms with van der Waals surface area (Å²) in [5.41, 5.74) is 0. The van der Waals surface area contributed by atoms with E-state index in [0.717, 1.165) is 17.7 Å². The molecule has 0 aromatic carbocycles. The Morgan fingerprint density at radius 3 is 2.35 bits per heavy atom. The van der Waals surface area contributed by atoms with Crippen LogP contribution in [0.25, 0.3) is 0 Å². The number of nitrogens with zero attached hydrogens (tertiary/aromatic N) is 3.